The summed E-state index contributed by atoms with van der Waals surface area (Å²) in [4.78, 5) is 5.58. The molecule has 14 heavy (non-hydrogen) atoms. The van der Waals surface area contributed by atoms with Crippen LogP contribution in [0.3, 0.4) is 0 Å². The second-order valence-corrected chi connectivity index (χ2v) is 4.71. The summed E-state index contributed by atoms with van der Waals surface area (Å²) in [6.07, 6.45) is 2.78. The molecule has 1 N–H and O–H groups in total. The van der Waals surface area contributed by atoms with E-state index in [1.807, 2.05) is 5.51 Å². The van der Waals surface area contributed by atoms with Crippen molar-refractivity contribution in [2.24, 2.45) is 0 Å². The Morgan fingerprint density at radius 1 is 1.64 bits per heavy atom. The zero-order valence-electron chi connectivity index (χ0n) is 8.62. The van der Waals surface area contributed by atoms with Crippen LogP contribution in [0.1, 0.15) is 23.4 Å². The molecule has 3 nitrogen and oxygen atoms in total. The summed E-state index contributed by atoms with van der Waals surface area (Å²) in [6, 6.07) is 0.640. The zero-order valence-corrected chi connectivity index (χ0v) is 9.43. The number of hydrogen-bond donors (Lipinski definition) is 1. The van der Waals surface area contributed by atoms with Gasteiger partial charge in [-0.1, -0.05) is 0 Å². The molecule has 0 aromatic carbocycles. The minimum Gasteiger partial charge on any atom is -0.381 e. The summed E-state index contributed by atoms with van der Waals surface area (Å²) in [7, 11) is 1.79. The second kappa shape index (κ2) is 4.38. The summed E-state index contributed by atoms with van der Waals surface area (Å²) in [6.45, 7) is 3.02. The molecule has 1 heterocycles. The van der Waals surface area contributed by atoms with E-state index < -0.39 is 0 Å². The van der Waals surface area contributed by atoms with Crippen molar-refractivity contribution in [2.45, 2.75) is 38.5 Å². The lowest BCUT2D eigenvalue weighted by Gasteiger charge is -2.34. The first-order chi connectivity index (χ1) is 6.79. The maximum Gasteiger partial charge on any atom is 0.0798 e. The summed E-state index contributed by atoms with van der Waals surface area (Å²) in [5.41, 5.74) is 3.07. The molecule has 1 aromatic rings. The Hall–Kier alpha value is -0.450. The maximum atomic E-state index is 5.23. The number of hydrogen-bond acceptors (Lipinski definition) is 4. The molecular formula is C10H16N2OS. The molecule has 1 fully saturated rings. The molecule has 0 saturated heterocycles. The molecule has 1 aromatic heterocycles. The van der Waals surface area contributed by atoms with E-state index in [-0.39, 0.29) is 0 Å². The number of ether oxygens (including phenoxy) is 1. The fraction of sp³-hybridized carbons (Fsp3) is 0.700. The van der Waals surface area contributed by atoms with Crippen LogP contribution in [0.25, 0.3) is 0 Å². The molecule has 0 unspecified atom stereocenters. The van der Waals surface area contributed by atoms with Crippen LogP contribution >= 0.6 is 11.3 Å². The van der Waals surface area contributed by atoms with Gasteiger partial charge in [-0.25, -0.2) is 4.98 Å². The van der Waals surface area contributed by atoms with Crippen LogP contribution < -0.4 is 5.32 Å². The highest BCUT2D eigenvalue weighted by Crippen LogP contribution is 2.23. The van der Waals surface area contributed by atoms with Gasteiger partial charge >= 0.3 is 0 Å². The molecule has 1 aliphatic carbocycles. The number of nitrogens with zero attached hydrogens (tertiary/aromatic N) is 1. The highest BCUT2D eigenvalue weighted by atomic mass is 32.1. The van der Waals surface area contributed by atoms with Crippen molar-refractivity contribution < 1.29 is 4.74 Å². The van der Waals surface area contributed by atoms with E-state index in [9.17, 15) is 0 Å². The van der Waals surface area contributed by atoms with Crippen molar-refractivity contribution in [1.29, 1.82) is 0 Å². The van der Waals surface area contributed by atoms with E-state index in [2.05, 4.69) is 17.2 Å². The van der Waals surface area contributed by atoms with Gasteiger partial charge in [0.05, 0.1) is 17.3 Å². The van der Waals surface area contributed by atoms with E-state index in [0.717, 1.165) is 25.1 Å². The number of rotatable bonds is 4. The molecule has 4 heteroatoms. The predicted molar refractivity (Wildman–Crippen MR) is 57.5 cm³/mol. The lowest BCUT2D eigenvalue weighted by molar-refractivity contribution is 0.0170. The summed E-state index contributed by atoms with van der Waals surface area (Å²) < 4.78 is 5.23. The van der Waals surface area contributed by atoms with Crippen LogP contribution in [0.4, 0.5) is 0 Å². The summed E-state index contributed by atoms with van der Waals surface area (Å²) in [5, 5.41) is 3.52. The van der Waals surface area contributed by atoms with Gasteiger partial charge in [0.15, 0.2) is 0 Å². The molecule has 1 aliphatic rings. The normalized spacial score (nSPS) is 26.1. The molecule has 78 valence electrons. The van der Waals surface area contributed by atoms with Gasteiger partial charge in [0, 0.05) is 24.6 Å². The first kappa shape index (κ1) is 10.1. The van der Waals surface area contributed by atoms with Crippen LogP contribution in [-0.2, 0) is 11.3 Å². The van der Waals surface area contributed by atoms with Crippen LogP contribution in [0.5, 0.6) is 0 Å². The summed E-state index contributed by atoms with van der Waals surface area (Å²) in [5.74, 6) is 0. The minimum absolute atomic E-state index is 0.482. The van der Waals surface area contributed by atoms with Crippen molar-refractivity contribution in [3.8, 4) is 0 Å². The highest BCUT2D eigenvalue weighted by Gasteiger charge is 2.28. The van der Waals surface area contributed by atoms with Crippen molar-refractivity contribution in [3.63, 3.8) is 0 Å². The fourth-order valence-electron chi connectivity index (χ4n) is 1.66. The Morgan fingerprint density at radius 3 is 3.00 bits per heavy atom. The van der Waals surface area contributed by atoms with Crippen LogP contribution in [0.15, 0.2) is 5.51 Å². The average Bonchev–Trinajstić information content (AvgIpc) is 2.49. The van der Waals surface area contributed by atoms with Gasteiger partial charge in [-0.15, -0.1) is 11.3 Å². The highest BCUT2D eigenvalue weighted by molar-refractivity contribution is 7.09. The van der Waals surface area contributed by atoms with Gasteiger partial charge in [-0.2, -0.15) is 0 Å². The molecule has 0 amide bonds. The van der Waals surface area contributed by atoms with Gasteiger partial charge in [0.2, 0.25) is 0 Å². The molecule has 0 radical (unpaired) electrons. The van der Waals surface area contributed by atoms with Gasteiger partial charge in [-0.05, 0) is 19.8 Å². The Bertz CT molecular complexity index is 294. The standard InChI is InChI=1S/C10H16N2OS/c1-7-10(14-6-12-7)5-11-8-3-9(4-8)13-2/h6,8-9,11H,3-5H2,1-2H3. The van der Waals surface area contributed by atoms with Crippen molar-refractivity contribution >= 4 is 11.3 Å². The first-order valence-corrected chi connectivity index (χ1v) is 5.82. The first-order valence-electron chi connectivity index (χ1n) is 4.94. The monoisotopic (exact) mass is 212 g/mol. The molecule has 0 bridgehead atoms. The quantitative estimate of drug-likeness (QED) is 0.825. The Morgan fingerprint density at radius 2 is 2.43 bits per heavy atom. The molecule has 2 rings (SSSR count). The minimum atomic E-state index is 0.482. The third-order valence-corrected chi connectivity index (χ3v) is 3.76. The number of aromatic nitrogens is 1. The lowest BCUT2D eigenvalue weighted by Crippen LogP contribution is -2.44. The van der Waals surface area contributed by atoms with E-state index in [4.69, 9.17) is 4.74 Å². The number of nitrogens with one attached hydrogen (secondary N) is 1. The smallest absolute Gasteiger partial charge is 0.0798 e. The van der Waals surface area contributed by atoms with Gasteiger partial charge < -0.3 is 10.1 Å². The topological polar surface area (TPSA) is 34.1 Å². The molecule has 0 aliphatic heterocycles. The number of methoxy groups -OCH3 is 1. The Kier molecular flexibility index (Phi) is 3.15. The van der Waals surface area contributed by atoms with Crippen molar-refractivity contribution in [2.75, 3.05) is 7.11 Å². The van der Waals surface area contributed by atoms with E-state index >= 15 is 0 Å². The van der Waals surface area contributed by atoms with Gasteiger partial charge in [0.25, 0.3) is 0 Å². The maximum absolute atomic E-state index is 5.23. The van der Waals surface area contributed by atoms with Gasteiger partial charge in [-0.3, -0.25) is 0 Å². The van der Waals surface area contributed by atoms with E-state index in [1.165, 1.54) is 4.88 Å². The Labute approximate surface area is 88.5 Å². The lowest BCUT2D eigenvalue weighted by atomic mass is 9.89. The van der Waals surface area contributed by atoms with Crippen LogP contribution in [0, 0.1) is 6.92 Å². The molecular weight excluding hydrogens is 196 g/mol. The fourth-order valence-corrected chi connectivity index (χ4v) is 2.39. The summed E-state index contributed by atoms with van der Waals surface area (Å²) >= 11 is 1.73. The van der Waals surface area contributed by atoms with Crippen LogP contribution in [0.2, 0.25) is 0 Å². The largest absolute Gasteiger partial charge is 0.381 e. The third-order valence-electron chi connectivity index (χ3n) is 2.82. The molecule has 1 saturated carbocycles. The van der Waals surface area contributed by atoms with E-state index in [1.54, 1.807) is 18.4 Å². The zero-order chi connectivity index (χ0) is 9.97. The van der Waals surface area contributed by atoms with Crippen molar-refractivity contribution in [1.82, 2.24) is 10.3 Å². The van der Waals surface area contributed by atoms with Gasteiger partial charge in [0.1, 0.15) is 0 Å². The third kappa shape index (κ3) is 2.13. The van der Waals surface area contributed by atoms with Crippen LogP contribution in [-0.4, -0.2) is 24.2 Å². The van der Waals surface area contributed by atoms with Crippen molar-refractivity contribution in [3.05, 3.63) is 16.1 Å². The number of thiazole rings is 1. The molecule has 0 atom stereocenters. The SMILES string of the molecule is COC1CC(NCc2scnc2C)C1. The number of aryl methyl sites for hydroxylation is 1. The Balaban J connectivity index is 1.72. The molecule has 0 spiro atoms. The second-order valence-electron chi connectivity index (χ2n) is 3.77. The average molecular weight is 212 g/mol. The predicted octanol–water partition coefficient (Wildman–Crippen LogP) is 1.72. The van der Waals surface area contributed by atoms with E-state index in [0.29, 0.717) is 12.1 Å².